The van der Waals surface area contributed by atoms with Crippen LogP contribution in [0.5, 0.6) is 0 Å². The van der Waals surface area contributed by atoms with E-state index in [9.17, 15) is 9.18 Å². The van der Waals surface area contributed by atoms with Gasteiger partial charge in [0.15, 0.2) is 5.82 Å². The summed E-state index contributed by atoms with van der Waals surface area (Å²) in [5.41, 5.74) is 7.82. The summed E-state index contributed by atoms with van der Waals surface area (Å²) in [6.07, 6.45) is 1.38. The summed E-state index contributed by atoms with van der Waals surface area (Å²) in [6, 6.07) is 18.5. The normalized spacial score (nSPS) is 10.4. The summed E-state index contributed by atoms with van der Waals surface area (Å²) < 4.78 is 14.3. The van der Waals surface area contributed by atoms with Crippen molar-refractivity contribution in [2.45, 2.75) is 0 Å². The first-order valence-electron chi connectivity index (χ1n) is 6.77. The predicted octanol–water partition coefficient (Wildman–Crippen LogP) is 3.65. The van der Waals surface area contributed by atoms with Gasteiger partial charge in [0.1, 0.15) is 5.69 Å². The molecule has 3 aromatic rings. The summed E-state index contributed by atoms with van der Waals surface area (Å²) in [7, 11) is 0. The molecule has 1 heterocycles. The lowest BCUT2D eigenvalue weighted by atomic mass is 10.0. The minimum Gasteiger partial charge on any atom is -0.366 e. The predicted molar refractivity (Wildman–Crippen MR) is 83.6 cm³/mol. The van der Waals surface area contributed by atoms with Gasteiger partial charge in [-0.2, -0.15) is 0 Å². The monoisotopic (exact) mass is 292 g/mol. The van der Waals surface area contributed by atoms with Gasteiger partial charge < -0.3 is 5.73 Å². The molecule has 0 aliphatic heterocycles. The Morgan fingerprint density at radius 2 is 1.45 bits per heavy atom. The van der Waals surface area contributed by atoms with Crippen LogP contribution in [-0.4, -0.2) is 10.9 Å². The molecule has 108 valence electrons. The number of carbonyl (C=O) groups is 1. The van der Waals surface area contributed by atoms with E-state index in [1.807, 2.05) is 42.5 Å². The van der Waals surface area contributed by atoms with Crippen molar-refractivity contribution in [2.75, 3.05) is 0 Å². The average Bonchev–Trinajstić information content (AvgIpc) is 2.56. The lowest BCUT2D eigenvalue weighted by molar-refractivity contribution is 0.0996. The van der Waals surface area contributed by atoms with Gasteiger partial charge in [0.05, 0.1) is 5.56 Å². The average molecular weight is 292 g/mol. The van der Waals surface area contributed by atoms with Crippen LogP contribution in [0.2, 0.25) is 0 Å². The molecular formula is C18H13FN2O. The third-order valence-corrected chi connectivity index (χ3v) is 3.42. The van der Waals surface area contributed by atoms with Crippen molar-refractivity contribution in [2.24, 2.45) is 5.73 Å². The molecule has 0 aliphatic carbocycles. The van der Waals surface area contributed by atoms with E-state index < -0.39 is 11.7 Å². The Morgan fingerprint density at radius 3 is 2.09 bits per heavy atom. The quantitative estimate of drug-likeness (QED) is 0.801. The first-order chi connectivity index (χ1) is 10.7. The molecule has 1 aromatic heterocycles. The molecule has 0 fully saturated rings. The number of nitrogens with two attached hydrogens (primary N) is 1. The minimum absolute atomic E-state index is 0.121. The molecule has 3 rings (SSSR count). The van der Waals surface area contributed by atoms with E-state index in [0.29, 0.717) is 5.56 Å². The number of primary amides is 1. The molecule has 1 amide bonds. The second-order valence-electron chi connectivity index (χ2n) is 4.83. The topological polar surface area (TPSA) is 56.0 Å². The van der Waals surface area contributed by atoms with Gasteiger partial charge in [-0.25, -0.2) is 4.39 Å². The maximum atomic E-state index is 14.3. The highest BCUT2D eigenvalue weighted by Crippen LogP contribution is 2.26. The van der Waals surface area contributed by atoms with E-state index in [2.05, 4.69) is 4.98 Å². The minimum atomic E-state index is -0.804. The molecule has 0 spiro atoms. The van der Waals surface area contributed by atoms with Crippen molar-refractivity contribution in [1.29, 1.82) is 0 Å². The van der Waals surface area contributed by atoms with E-state index in [0.717, 1.165) is 11.1 Å². The molecule has 3 nitrogen and oxygen atoms in total. The van der Waals surface area contributed by atoms with Gasteiger partial charge >= 0.3 is 0 Å². The summed E-state index contributed by atoms with van der Waals surface area (Å²) in [5, 5.41) is 0. The molecule has 0 atom stereocenters. The number of carbonyl (C=O) groups excluding carboxylic acids is 1. The summed E-state index contributed by atoms with van der Waals surface area (Å²) in [5.74, 6) is -1.50. The highest BCUT2D eigenvalue weighted by Gasteiger charge is 2.14. The molecule has 0 radical (unpaired) electrons. The van der Waals surface area contributed by atoms with Gasteiger partial charge in [-0.3, -0.25) is 9.78 Å². The van der Waals surface area contributed by atoms with Crippen LogP contribution in [0.15, 0.2) is 66.9 Å². The molecule has 2 aromatic carbocycles. The van der Waals surface area contributed by atoms with Crippen molar-refractivity contribution < 1.29 is 9.18 Å². The molecule has 0 unspecified atom stereocenters. The molecule has 0 bridgehead atoms. The molecule has 4 heteroatoms. The maximum Gasteiger partial charge on any atom is 0.251 e. The number of hydrogen-bond acceptors (Lipinski definition) is 2. The first-order valence-corrected chi connectivity index (χ1v) is 6.77. The number of rotatable bonds is 3. The molecule has 0 aliphatic rings. The van der Waals surface area contributed by atoms with Crippen LogP contribution in [0.4, 0.5) is 4.39 Å². The van der Waals surface area contributed by atoms with E-state index in [1.54, 1.807) is 12.1 Å². The molecule has 22 heavy (non-hydrogen) atoms. The van der Waals surface area contributed by atoms with Crippen molar-refractivity contribution in [3.8, 4) is 22.4 Å². The van der Waals surface area contributed by atoms with Crippen molar-refractivity contribution in [3.63, 3.8) is 0 Å². The summed E-state index contributed by atoms with van der Waals surface area (Å²) in [4.78, 5) is 15.2. The van der Waals surface area contributed by atoms with E-state index in [4.69, 9.17) is 5.73 Å². The Labute approximate surface area is 127 Å². The number of hydrogen-bond donors (Lipinski definition) is 1. The maximum absolute atomic E-state index is 14.3. The van der Waals surface area contributed by atoms with Crippen LogP contribution >= 0.6 is 0 Å². The van der Waals surface area contributed by atoms with Gasteiger partial charge in [-0.05, 0) is 17.2 Å². The van der Waals surface area contributed by atoms with E-state index >= 15 is 0 Å². The highest BCUT2D eigenvalue weighted by atomic mass is 19.1. The fourth-order valence-electron chi connectivity index (χ4n) is 2.29. The second-order valence-corrected chi connectivity index (χ2v) is 4.83. The van der Waals surface area contributed by atoms with Gasteiger partial charge in [0, 0.05) is 11.8 Å². The number of aromatic nitrogens is 1. The van der Waals surface area contributed by atoms with Gasteiger partial charge in [-0.1, -0.05) is 54.6 Å². The summed E-state index contributed by atoms with van der Waals surface area (Å²) >= 11 is 0. The Morgan fingerprint density at radius 1 is 0.864 bits per heavy atom. The SMILES string of the molecule is NC(=O)c1ccnc(-c2ccc(-c3ccccc3)cc2)c1F. The number of amides is 1. The van der Waals surface area contributed by atoms with Crippen LogP contribution in [0.25, 0.3) is 22.4 Å². The number of halogens is 1. The van der Waals surface area contributed by atoms with Crippen molar-refractivity contribution >= 4 is 5.91 Å². The standard InChI is InChI=1S/C18H13FN2O/c19-16-15(18(20)22)10-11-21-17(16)14-8-6-13(7-9-14)12-4-2-1-3-5-12/h1-11H,(H2,20,22). The van der Waals surface area contributed by atoms with Crippen molar-refractivity contribution in [3.05, 3.63) is 78.2 Å². The van der Waals surface area contributed by atoms with Crippen LogP contribution in [0.1, 0.15) is 10.4 Å². The molecule has 0 saturated carbocycles. The Kier molecular flexibility index (Phi) is 3.66. The zero-order valence-corrected chi connectivity index (χ0v) is 11.7. The van der Waals surface area contributed by atoms with Gasteiger partial charge in [-0.15, -0.1) is 0 Å². The largest absolute Gasteiger partial charge is 0.366 e. The Balaban J connectivity index is 2.01. The van der Waals surface area contributed by atoms with Crippen LogP contribution in [0, 0.1) is 5.82 Å². The number of nitrogens with zero attached hydrogens (tertiary/aromatic N) is 1. The van der Waals surface area contributed by atoms with Gasteiger partial charge in [0.2, 0.25) is 0 Å². The zero-order chi connectivity index (χ0) is 15.5. The highest BCUT2D eigenvalue weighted by molar-refractivity contribution is 5.94. The van der Waals surface area contributed by atoms with E-state index in [-0.39, 0.29) is 11.3 Å². The lowest BCUT2D eigenvalue weighted by Crippen LogP contribution is -2.14. The van der Waals surface area contributed by atoms with Crippen molar-refractivity contribution in [1.82, 2.24) is 4.98 Å². The molecule has 0 saturated heterocycles. The van der Waals surface area contributed by atoms with Crippen LogP contribution in [0.3, 0.4) is 0 Å². The lowest BCUT2D eigenvalue weighted by Gasteiger charge is -2.07. The van der Waals surface area contributed by atoms with Gasteiger partial charge in [0.25, 0.3) is 5.91 Å². The smallest absolute Gasteiger partial charge is 0.251 e. The third-order valence-electron chi connectivity index (χ3n) is 3.42. The van der Waals surface area contributed by atoms with E-state index in [1.165, 1.54) is 12.3 Å². The number of pyridine rings is 1. The Hall–Kier alpha value is -3.01. The third kappa shape index (κ3) is 2.59. The Bertz CT molecular complexity index is 814. The molecular weight excluding hydrogens is 279 g/mol. The number of benzene rings is 2. The van der Waals surface area contributed by atoms with Crippen LogP contribution in [-0.2, 0) is 0 Å². The fraction of sp³-hybridized carbons (Fsp3) is 0. The first kappa shape index (κ1) is 13.9. The van der Waals surface area contributed by atoms with Crippen LogP contribution < -0.4 is 5.73 Å². The molecule has 2 N–H and O–H groups in total. The second kappa shape index (κ2) is 5.77. The fourth-order valence-corrected chi connectivity index (χ4v) is 2.29. The zero-order valence-electron chi connectivity index (χ0n) is 11.7. The summed E-state index contributed by atoms with van der Waals surface area (Å²) in [6.45, 7) is 0.